The average molecular weight is 387 g/mol. The highest BCUT2D eigenvalue weighted by Gasteiger charge is 2.52. The highest BCUT2D eigenvalue weighted by atomic mass is 19.1. The number of carbonyl (C=O) groups excluding carboxylic acids is 1. The molecule has 0 aliphatic carbocycles. The molecular formula is C20H22FN3O4. The van der Waals surface area contributed by atoms with E-state index in [9.17, 15) is 23.9 Å². The van der Waals surface area contributed by atoms with Gasteiger partial charge in [0.1, 0.15) is 11.4 Å². The van der Waals surface area contributed by atoms with Crippen molar-refractivity contribution in [2.24, 2.45) is 5.41 Å². The number of aromatic amines is 1. The van der Waals surface area contributed by atoms with Crippen LogP contribution in [-0.2, 0) is 4.79 Å². The third kappa shape index (κ3) is 2.79. The lowest BCUT2D eigenvalue weighted by molar-refractivity contribution is -0.161. The number of carboxylic acid groups (broad SMARTS) is 1. The lowest BCUT2D eigenvalue weighted by Gasteiger charge is -2.51. The molecule has 2 atom stereocenters. The predicted octanol–water partition coefficient (Wildman–Crippen LogP) is 1.68. The summed E-state index contributed by atoms with van der Waals surface area (Å²) in [7, 11) is 1.88. The number of piperidine rings is 2. The number of nitrogens with one attached hydrogen (secondary N) is 1. The first-order chi connectivity index (χ1) is 13.3. The zero-order valence-electron chi connectivity index (χ0n) is 15.6. The summed E-state index contributed by atoms with van der Waals surface area (Å²) in [5.74, 6) is -1.82. The summed E-state index contributed by atoms with van der Waals surface area (Å²) in [6, 6.07) is 3.52. The fourth-order valence-corrected chi connectivity index (χ4v) is 4.69. The van der Waals surface area contributed by atoms with E-state index in [1.807, 2.05) is 11.9 Å². The first-order valence-electron chi connectivity index (χ1n) is 9.37. The largest absolute Gasteiger partial charge is 0.481 e. The van der Waals surface area contributed by atoms with Crippen molar-refractivity contribution in [1.82, 2.24) is 14.8 Å². The first kappa shape index (κ1) is 18.6. The summed E-state index contributed by atoms with van der Waals surface area (Å²) in [5.41, 5.74) is -0.980. The van der Waals surface area contributed by atoms with Crippen molar-refractivity contribution in [2.75, 3.05) is 26.7 Å². The van der Waals surface area contributed by atoms with Crippen LogP contribution < -0.4 is 5.43 Å². The molecule has 0 saturated carbocycles. The van der Waals surface area contributed by atoms with Crippen molar-refractivity contribution in [1.29, 1.82) is 0 Å². The molecular weight excluding hydrogens is 365 g/mol. The molecule has 2 fully saturated rings. The SMILES string of the molecule is CN1CCC[C@]2(C(=O)O)CCN(C(=O)c3c[nH]c4ccc(F)cc4c3=O)C[C@@H]12. The van der Waals surface area contributed by atoms with Crippen molar-refractivity contribution in [2.45, 2.75) is 25.3 Å². The van der Waals surface area contributed by atoms with E-state index in [2.05, 4.69) is 4.98 Å². The Bertz CT molecular complexity index is 1020. The molecule has 148 valence electrons. The number of rotatable bonds is 2. The summed E-state index contributed by atoms with van der Waals surface area (Å²) in [6.07, 6.45) is 3.11. The van der Waals surface area contributed by atoms with Gasteiger partial charge in [-0.1, -0.05) is 0 Å². The van der Waals surface area contributed by atoms with Gasteiger partial charge >= 0.3 is 5.97 Å². The fraction of sp³-hybridized carbons (Fsp3) is 0.450. The van der Waals surface area contributed by atoms with Crippen LogP contribution in [0.15, 0.2) is 29.2 Å². The lowest BCUT2D eigenvalue weighted by Crippen LogP contribution is -2.63. The maximum Gasteiger partial charge on any atom is 0.311 e. The molecule has 7 nitrogen and oxygen atoms in total. The Balaban J connectivity index is 1.66. The van der Waals surface area contributed by atoms with Gasteiger partial charge in [0, 0.05) is 36.2 Å². The number of likely N-dealkylation sites (N-methyl/N-ethyl adjacent to an activating group) is 1. The molecule has 2 saturated heterocycles. The summed E-state index contributed by atoms with van der Waals surface area (Å²) in [5, 5.41) is 9.97. The molecule has 0 unspecified atom stereocenters. The Hall–Kier alpha value is -2.74. The van der Waals surface area contributed by atoms with Crippen LogP contribution in [-0.4, -0.2) is 64.5 Å². The van der Waals surface area contributed by atoms with Crippen LogP contribution in [0.2, 0.25) is 0 Å². The lowest BCUT2D eigenvalue weighted by atomic mass is 9.68. The first-order valence-corrected chi connectivity index (χ1v) is 9.37. The maximum absolute atomic E-state index is 13.5. The minimum Gasteiger partial charge on any atom is -0.481 e. The molecule has 4 rings (SSSR count). The van der Waals surface area contributed by atoms with Crippen LogP contribution in [0.1, 0.15) is 29.6 Å². The van der Waals surface area contributed by atoms with Crippen molar-refractivity contribution in [3.8, 4) is 0 Å². The summed E-state index contributed by atoms with van der Waals surface area (Å²) in [6.45, 7) is 1.30. The normalized spacial score (nSPS) is 25.5. The number of pyridine rings is 1. The predicted molar refractivity (Wildman–Crippen MR) is 101 cm³/mol. The highest BCUT2D eigenvalue weighted by molar-refractivity contribution is 5.97. The van der Waals surface area contributed by atoms with E-state index in [0.29, 0.717) is 18.4 Å². The van der Waals surface area contributed by atoms with Crippen molar-refractivity contribution in [3.05, 3.63) is 46.0 Å². The average Bonchev–Trinajstić information content (AvgIpc) is 2.68. The van der Waals surface area contributed by atoms with E-state index in [0.717, 1.165) is 19.0 Å². The van der Waals surface area contributed by atoms with Gasteiger partial charge in [-0.05, 0) is 51.1 Å². The number of likely N-dealkylation sites (tertiary alicyclic amines) is 2. The van der Waals surface area contributed by atoms with Crippen LogP contribution in [0, 0.1) is 11.2 Å². The van der Waals surface area contributed by atoms with Gasteiger partial charge < -0.3 is 19.9 Å². The summed E-state index contributed by atoms with van der Waals surface area (Å²) in [4.78, 5) is 44.2. The van der Waals surface area contributed by atoms with Gasteiger partial charge in [-0.25, -0.2) is 4.39 Å². The van der Waals surface area contributed by atoms with Crippen LogP contribution in [0.3, 0.4) is 0 Å². The number of carboxylic acids is 1. The molecule has 3 heterocycles. The monoisotopic (exact) mass is 387 g/mol. The zero-order valence-corrected chi connectivity index (χ0v) is 15.6. The number of carbonyl (C=O) groups is 2. The van der Waals surface area contributed by atoms with E-state index < -0.39 is 28.5 Å². The number of hydrogen-bond acceptors (Lipinski definition) is 4. The minimum absolute atomic E-state index is 0.0561. The van der Waals surface area contributed by atoms with E-state index in [4.69, 9.17) is 0 Å². The van der Waals surface area contributed by atoms with Crippen LogP contribution in [0.25, 0.3) is 10.9 Å². The van der Waals surface area contributed by atoms with E-state index >= 15 is 0 Å². The number of fused-ring (bicyclic) bond motifs is 2. The number of amides is 1. The van der Waals surface area contributed by atoms with Gasteiger partial charge in [0.05, 0.1) is 5.41 Å². The van der Waals surface area contributed by atoms with Gasteiger partial charge in [-0.3, -0.25) is 14.4 Å². The van der Waals surface area contributed by atoms with Crippen molar-refractivity contribution < 1.29 is 19.1 Å². The van der Waals surface area contributed by atoms with Crippen LogP contribution in [0.4, 0.5) is 4.39 Å². The highest BCUT2D eigenvalue weighted by Crippen LogP contribution is 2.42. The second-order valence-corrected chi connectivity index (χ2v) is 7.78. The number of halogens is 1. The van der Waals surface area contributed by atoms with Crippen molar-refractivity contribution >= 4 is 22.8 Å². The standard InChI is InChI=1S/C20H22FN3O4/c1-23-7-2-5-20(19(27)28)6-8-24(11-16(20)23)18(26)14-10-22-15-4-3-12(21)9-13(15)17(14)25/h3-4,9-10,16H,2,5-8,11H2,1H3,(H,22,25)(H,27,28)/t16-,20+/m1/s1. The van der Waals surface area contributed by atoms with E-state index in [1.54, 1.807) is 4.90 Å². The minimum atomic E-state index is -0.858. The molecule has 1 aromatic heterocycles. The number of hydrogen-bond donors (Lipinski definition) is 2. The second kappa shape index (κ2) is 6.70. The topological polar surface area (TPSA) is 93.7 Å². The molecule has 2 N–H and O–H groups in total. The molecule has 2 aliphatic rings. The molecule has 8 heteroatoms. The van der Waals surface area contributed by atoms with Gasteiger partial charge in [0.2, 0.25) is 5.43 Å². The van der Waals surface area contributed by atoms with Crippen LogP contribution in [0.5, 0.6) is 0 Å². The van der Waals surface area contributed by atoms with Gasteiger partial charge in [-0.2, -0.15) is 0 Å². The number of nitrogens with zero attached hydrogens (tertiary/aromatic N) is 2. The Morgan fingerprint density at radius 2 is 2.07 bits per heavy atom. The summed E-state index contributed by atoms with van der Waals surface area (Å²) >= 11 is 0. The van der Waals surface area contributed by atoms with Gasteiger partial charge in [0.15, 0.2) is 0 Å². The molecule has 0 radical (unpaired) electrons. The molecule has 1 amide bonds. The number of aromatic nitrogens is 1. The molecule has 2 aliphatic heterocycles. The molecule has 28 heavy (non-hydrogen) atoms. The number of H-pyrrole nitrogens is 1. The van der Waals surface area contributed by atoms with E-state index in [-0.39, 0.29) is 30.1 Å². The van der Waals surface area contributed by atoms with Gasteiger partial charge in [0.25, 0.3) is 5.91 Å². The molecule has 1 aromatic carbocycles. The zero-order chi connectivity index (χ0) is 20.1. The molecule has 0 bridgehead atoms. The quantitative estimate of drug-likeness (QED) is 0.818. The fourth-order valence-electron chi connectivity index (χ4n) is 4.69. The third-order valence-electron chi connectivity index (χ3n) is 6.31. The Morgan fingerprint density at radius 1 is 1.29 bits per heavy atom. The van der Waals surface area contributed by atoms with Gasteiger partial charge in [-0.15, -0.1) is 0 Å². The van der Waals surface area contributed by atoms with Crippen LogP contribution >= 0.6 is 0 Å². The number of benzene rings is 1. The van der Waals surface area contributed by atoms with E-state index in [1.165, 1.54) is 18.3 Å². The second-order valence-electron chi connectivity index (χ2n) is 7.78. The molecule has 2 aromatic rings. The molecule has 0 spiro atoms. The third-order valence-corrected chi connectivity index (χ3v) is 6.31. The Morgan fingerprint density at radius 3 is 2.82 bits per heavy atom. The van der Waals surface area contributed by atoms with Crippen molar-refractivity contribution in [3.63, 3.8) is 0 Å². The number of aliphatic carboxylic acids is 1. The maximum atomic E-state index is 13.5. The Labute approximate surface area is 160 Å². The summed E-state index contributed by atoms with van der Waals surface area (Å²) < 4.78 is 13.5. The Kier molecular flexibility index (Phi) is 4.45. The smallest absolute Gasteiger partial charge is 0.311 e.